The maximum Gasteiger partial charge on any atom is 0.104 e. The van der Waals surface area contributed by atoms with E-state index in [1.807, 2.05) is 25.1 Å². The van der Waals surface area contributed by atoms with Crippen LogP contribution in [0.3, 0.4) is 0 Å². The molecule has 2 atom stereocenters. The van der Waals surface area contributed by atoms with E-state index < -0.39 is 5.54 Å². The van der Waals surface area contributed by atoms with E-state index in [2.05, 4.69) is 30.2 Å². The highest BCUT2D eigenvalue weighted by Crippen LogP contribution is 2.26. The first-order valence-corrected chi connectivity index (χ1v) is 7.21. The van der Waals surface area contributed by atoms with Crippen LogP contribution in [0.4, 0.5) is 0 Å². The van der Waals surface area contributed by atoms with Gasteiger partial charge in [0.05, 0.1) is 11.1 Å². The van der Waals surface area contributed by atoms with Gasteiger partial charge in [0.25, 0.3) is 0 Å². The quantitative estimate of drug-likeness (QED) is 0.767. The molecule has 98 valence electrons. The van der Waals surface area contributed by atoms with Crippen molar-refractivity contribution in [3.8, 4) is 6.07 Å². The second-order valence-electron chi connectivity index (χ2n) is 4.67. The minimum absolute atomic E-state index is 0.355. The van der Waals surface area contributed by atoms with Gasteiger partial charge < -0.3 is 0 Å². The third-order valence-corrected chi connectivity index (χ3v) is 3.72. The Morgan fingerprint density at radius 2 is 2.33 bits per heavy atom. The molecule has 1 heterocycles. The summed E-state index contributed by atoms with van der Waals surface area (Å²) in [4.78, 5) is 4.30. The van der Waals surface area contributed by atoms with Gasteiger partial charge in [0, 0.05) is 11.4 Å². The van der Waals surface area contributed by atoms with Crippen molar-refractivity contribution < 1.29 is 0 Å². The van der Waals surface area contributed by atoms with Gasteiger partial charge in [0.2, 0.25) is 0 Å². The van der Waals surface area contributed by atoms with Crippen LogP contribution < -0.4 is 5.32 Å². The maximum atomic E-state index is 9.29. The molecule has 1 N–H and O–H groups in total. The highest BCUT2D eigenvalue weighted by Gasteiger charge is 2.25. The third kappa shape index (κ3) is 5.07. The molecule has 4 heteroatoms. The number of thioether (sulfide) groups is 1. The zero-order chi connectivity index (χ0) is 13.4. The Balaban J connectivity index is 2.52. The molecule has 0 bridgehead atoms. The van der Waals surface area contributed by atoms with Gasteiger partial charge >= 0.3 is 0 Å². The van der Waals surface area contributed by atoms with Crippen molar-refractivity contribution >= 4 is 11.8 Å². The van der Waals surface area contributed by atoms with Crippen LogP contribution in [-0.4, -0.2) is 22.3 Å². The molecule has 0 spiro atoms. The molecule has 1 rings (SSSR count). The second kappa shape index (κ2) is 7.40. The van der Waals surface area contributed by atoms with Gasteiger partial charge in [-0.15, -0.1) is 11.8 Å². The van der Waals surface area contributed by atoms with Crippen LogP contribution in [0.1, 0.15) is 33.6 Å². The zero-order valence-corrected chi connectivity index (χ0v) is 12.1. The Morgan fingerprint density at radius 1 is 1.56 bits per heavy atom. The topological polar surface area (TPSA) is 48.7 Å². The minimum Gasteiger partial charge on any atom is -0.300 e. The number of aromatic nitrogens is 1. The lowest BCUT2D eigenvalue weighted by Gasteiger charge is -2.26. The van der Waals surface area contributed by atoms with E-state index in [1.165, 1.54) is 0 Å². The molecule has 0 saturated carbocycles. The Bertz CT molecular complexity index is 388. The highest BCUT2D eigenvalue weighted by atomic mass is 32.2. The lowest BCUT2D eigenvalue weighted by Crippen LogP contribution is -2.43. The molecule has 0 radical (unpaired) electrons. The summed E-state index contributed by atoms with van der Waals surface area (Å²) in [6, 6.07) is 8.29. The van der Waals surface area contributed by atoms with Crippen LogP contribution in [-0.2, 0) is 0 Å². The van der Waals surface area contributed by atoms with Crippen molar-refractivity contribution in [2.75, 3.05) is 6.54 Å². The van der Waals surface area contributed by atoms with E-state index in [9.17, 15) is 5.26 Å². The summed E-state index contributed by atoms with van der Waals surface area (Å²) in [7, 11) is 0. The van der Waals surface area contributed by atoms with Crippen LogP contribution in [0.15, 0.2) is 29.4 Å². The van der Waals surface area contributed by atoms with Gasteiger partial charge in [-0.1, -0.05) is 19.9 Å². The average Bonchev–Trinajstić information content (AvgIpc) is 2.37. The van der Waals surface area contributed by atoms with Crippen LogP contribution in [0.25, 0.3) is 0 Å². The summed E-state index contributed by atoms with van der Waals surface area (Å²) in [6.07, 6.45) is 3.65. The Labute approximate surface area is 114 Å². The van der Waals surface area contributed by atoms with E-state index in [0.717, 1.165) is 24.4 Å². The summed E-state index contributed by atoms with van der Waals surface area (Å²) in [5.41, 5.74) is -0.447. The first-order valence-electron chi connectivity index (χ1n) is 6.33. The van der Waals surface area contributed by atoms with E-state index in [1.54, 1.807) is 18.0 Å². The minimum atomic E-state index is -0.447. The molecule has 0 aliphatic heterocycles. The number of nitrogens with zero attached hydrogens (tertiary/aromatic N) is 2. The first-order chi connectivity index (χ1) is 8.59. The monoisotopic (exact) mass is 263 g/mol. The molecular weight excluding hydrogens is 242 g/mol. The number of hydrogen-bond acceptors (Lipinski definition) is 4. The lowest BCUT2D eigenvalue weighted by atomic mass is 9.98. The first kappa shape index (κ1) is 15.0. The predicted octanol–water partition coefficient (Wildman–Crippen LogP) is 3.23. The van der Waals surface area contributed by atoms with Crippen LogP contribution in [0.5, 0.6) is 0 Å². The molecule has 1 aromatic heterocycles. The summed E-state index contributed by atoms with van der Waals surface area (Å²) in [5.74, 6) is 0. The SMILES string of the molecule is CCCNC(C)(C#N)CC(C)Sc1ccccn1. The van der Waals surface area contributed by atoms with Gasteiger partial charge in [-0.05, 0) is 38.4 Å². The number of hydrogen-bond donors (Lipinski definition) is 1. The molecule has 0 aromatic carbocycles. The van der Waals surface area contributed by atoms with E-state index >= 15 is 0 Å². The van der Waals surface area contributed by atoms with E-state index in [-0.39, 0.29) is 0 Å². The summed E-state index contributed by atoms with van der Waals surface area (Å²) < 4.78 is 0. The fourth-order valence-electron chi connectivity index (χ4n) is 1.80. The van der Waals surface area contributed by atoms with Gasteiger partial charge in [0.15, 0.2) is 0 Å². The number of nitriles is 1. The molecule has 3 nitrogen and oxygen atoms in total. The van der Waals surface area contributed by atoms with Gasteiger partial charge in [-0.2, -0.15) is 5.26 Å². The highest BCUT2D eigenvalue weighted by molar-refractivity contribution is 7.99. The molecule has 18 heavy (non-hydrogen) atoms. The van der Waals surface area contributed by atoms with Crippen LogP contribution in [0, 0.1) is 11.3 Å². The van der Waals surface area contributed by atoms with Crippen molar-refractivity contribution in [2.24, 2.45) is 0 Å². The molecule has 0 aliphatic carbocycles. The number of nitrogens with one attached hydrogen (secondary N) is 1. The molecule has 0 saturated heterocycles. The van der Waals surface area contributed by atoms with E-state index in [0.29, 0.717) is 5.25 Å². The maximum absolute atomic E-state index is 9.29. The fraction of sp³-hybridized carbons (Fsp3) is 0.571. The largest absolute Gasteiger partial charge is 0.300 e. The smallest absolute Gasteiger partial charge is 0.104 e. The molecule has 0 amide bonds. The number of pyridine rings is 1. The van der Waals surface area contributed by atoms with Crippen molar-refractivity contribution in [3.05, 3.63) is 24.4 Å². The summed E-state index contributed by atoms with van der Waals surface area (Å²) in [6.45, 7) is 7.10. The van der Waals surface area contributed by atoms with E-state index in [4.69, 9.17) is 0 Å². The van der Waals surface area contributed by atoms with Crippen LogP contribution >= 0.6 is 11.8 Å². The predicted molar refractivity (Wildman–Crippen MR) is 76.5 cm³/mol. The standard InChI is InChI=1S/C14H21N3S/c1-4-8-17-14(3,11-15)10-12(2)18-13-7-5-6-9-16-13/h5-7,9,12,17H,4,8,10H2,1-3H3. The molecule has 0 fully saturated rings. The fourth-order valence-corrected chi connectivity index (χ4v) is 2.91. The number of rotatable bonds is 7. The van der Waals surface area contributed by atoms with Crippen molar-refractivity contribution in [1.82, 2.24) is 10.3 Å². The summed E-state index contributed by atoms with van der Waals surface area (Å²) >= 11 is 1.72. The third-order valence-electron chi connectivity index (χ3n) is 2.67. The van der Waals surface area contributed by atoms with Crippen molar-refractivity contribution in [2.45, 2.75) is 49.4 Å². The Morgan fingerprint density at radius 3 is 2.89 bits per heavy atom. The van der Waals surface area contributed by atoms with Crippen LogP contribution in [0.2, 0.25) is 0 Å². The molecule has 0 aliphatic rings. The van der Waals surface area contributed by atoms with Gasteiger partial charge in [-0.3, -0.25) is 5.32 Å². The average molecular weight is 263 g/mol. The van der Waals surface area contributed by atoms with Gasteiger partial charge in [-0.25, -0.2) is 4.98 Å². The zero-order valence-electron chi connectivity index (χ0n) is 11.3. The summed E-state index contributed by atoms with van der Waals surface area (Å²) in [5, 5.41) is 14.0. The normalized spacial score (nSPS) is 15.7. The molecular formula is C14H21N3S. The molecule has 1 aromatic rings. The Hall–Kier alpha value is -1.05. The van der Waals surface area contributed by atoms with Crippen molar-refractivity contribution in [3.63, 3.8) is 0 Å². The molecule has 2 unspecified atom stereocenters. The van der Waals surface area contributed by atoms with Crippen molar-refractivity contribution in [1.29, 1.82) is 5.26 Å². The Kier molecular flexibility index (Phi) is 6.17. The van der Waals surface area contributed by atoms with Gasteiger partial charge in [0.1, 0.15) is 5.54 Å². The lowest BCUT2D eigenvalue weighted by molar-refractivity contribution is 0.418. The second-order valence-corrected chi connectivity index (χ2v) is 6.13.